The molecule has 0 spiro atoms. The largest absolute Gasteiger partial charge is 0.482 e. The van der Waals surface area contributed by atoms with Crippen molar-refractivity contribution in [2.45, 2.75) is 64.1 Å². The van der Waals surface area contributed by atoms with Crippen LogP contribution in [0.2, 0.25) is 15.1 Å². The third-order valence-electron chi connectivity index (χ3n) is 5.88. The van der Waals surface area contributed by atoms with E-state index in [2.05, 4.69) is 5.32 Å². The van der Waals surface area contributed by atoms with Gasteiger partial charge in [-0.1, -0.05) is 79.2 Å². The number of carbonyl (C=O) groups is 2. The van der Waals surface area contributed by atoms with Crippen molar-refractivity contribution in [1.82, 2.24) is 10.2 Å². The Hall–Kier alpha value is -1.95. The molecule has 8 heteroatoms. The SMILES string of the molecule is CCC(C(=O)NC1CCCCC1)N(Cc1ccccc1Cl)C(=O)COc1ccc(Cl)cc1Cl. The van der Waals surface area contributed by atoms with Gasteiger partial charge in [0.1, 0.15) is 11.8 Å². The molecule has 1 aliphatic carbocycles. The summed E-state index contributed by atoms with van der Waals surface area (Å²) in [6, 6.07) is 11.6. The van der Waals surface area contributed by atoms with E-state index in [0.717, 1.165) is 31.2 Å². The van der Waals surface area contributed by atoms with Gasteiger partial charge in [-0.3, -0.25) is 9.59 Å². The highest BCUT2D eigenvalue weighted by Crippen LogP contribution is 2.28. The maximum Gasteiger partial charge on any atom is 0.261 e. The molecule has 3 rings (SSSR count). The Kier molecular flexibility index (Phi) is 9.72. The number of benzene rings is 2. The number of ether oxygens (including phenoxy) is 1. The van der Waals surface area contributed by atoms with Crippen molar-refractivity contribution >= 4 is 46.6 Å². The molecular formula is C25H29Cl3N2O3. The third-order valence-corrected chi connectivity index (χ3v) is 6.78. The number of amides is 2. The zero-order valence-electron chi connectivity index (χ0n) is 18.7. The van der Waals surface area contributed by atoms with E-state index < -0.39 is 6.04 Å². The molecule has 0 radical (unpaired) electrons. The summed E-state index contributed by atoms with van der Waals surface area (Å²) < 4.78 is 5.68. The summed E-state index contributed by atoms with van der Waals surface area (Å²) in [6.45, 7) is 1.83. The molecule has 0 heterocycles. The normalized spacial score (nSPS) is 15.0. The molecular weight excluding hydrogens is 483 g/mol. The smallest absolute Gasteiger partial charge is 0.261 e. The zero-order chi connectivity index (χ0) is 23.8. The lowest BCUT2D eigenvalue weighted by Crippen LogP contribution is -2.52. The van der Waals surface area contributed by atoms with E-state index in [4.69, 9.17) is 39.5 Å². The summed E-state index contributed by atoms with van der Waals surface area (Å²) in [5.74, 6) is -0.118. The van der Waals surface area contributed by atoms with Gasteiger partial charge in [0.2, 0.25) is 5.91 Å². The van der Waals surface area contributed by atoms with Crippen molar-refractivity contribution in [3.8, 4) is 5.75 Å². The number of nitrogens with zero attached hydrogens (tertiary/aromatic N) is 1. The summed E-state index contributed by atoms with van der Waals surface area (Å²) in [4.78, 5) is 28.1. The summed E-state index contributed by atoms with van der Waals surface area (Å²) in [5, 5.41) is 4.48. The van der Waals surface area contributed by atoms with Gasteiger partial charge in [-0.05, 0) is 49.1 Å². The fourth-order valence-corrected chi connectivity index (χ4v) is 4.75. The average Bonchev–Trinajstić information content (AvgIpc) is 2.80. The number of rotatable bonds is 9. The topological polar surface area (TPSA) is 58.6 Å². The molecule has 33 heavy (non-hydrogen) atoms. The van der Waals surface area contributed by atoms with Gasteiger partial charge in [-0.15, -0.1) is 0 Å². The highest BCUT2D eigenvalue weighted by atomic mass is 35.5. The lowest BCUT2D eigenvalue weighted by Gasteiger charge is -2.33. The molecule has 1 N–H and O–H groups in total. The van der Waals surface area contributed by atoms with Crippen LogP contribution in [0.15, 0.2) is 42.5 Å². The Bertz CT molecular complexity index is 964. The monoisotopic (exact) mass is 510 g/mol. The first-order chi connectivity index (χ1) is 15.9. The quantitative estimate of drug-likeness (QED) is 0.431. The third kappa shape index (κ3) is 7.26. The molecule has 2 amide bonds. The van der Waals surface area contributed by atoms with Crippen molar-refractivity contribution in [3.05, 3.63) is 63.1 Å². The molecule has 1 atom stereocenters. The van der Waals surface area contributed by atoms with E-state index in [1.54, 1.807) is 29.2 Å². The van der Waals surface area contributed by atoms with Crippen LogP contribution in [0.1, 0.15) is 51.0 Å². The number of halogens is 3. The van der Waals surface area contributed by atoms with Crippen LogP contribution in [-0.2, 0) is 16.1 Å². The second-order valence-electron chi connectivity index (χ2n) is 8.24. The predicted octanol–water partition coefficient (Wildman–Crippen LogP) is 6.28. The van der Waals surface area contributed by atoms with Crippen molar-refractivity contribution < 1.29 is 14.3 Å². The molecule has 178 valence electrons. The van der Waals surface area contributed by atoms with Crippen molar-refractivity contribution in [3.63, 3.8) is 0 Å². The van der Waals surface area contributed by atoms with E-state index >= 15 is 0 Å². The lowest BCUT2D eigenvalue weighted by atomic mass is 9.95. The van der Waals surface area contributed by atoms with Gasteiger partial charge < -0.3 is 15.0 Å². The minimum absolute atomic E-state index is 0.144. The molecule has 1 saturated carbocycles. The first kappa shape index (κ1) is 25.7. The first-order valence-electron chi connectivity index (χ1n) is 11.3. The Balaban J connectivity index is 1.78. The van der Waals surface area contributed by atoms with Gasteiger partial charge in [-0.2, -0.15) is 0 Å². The van der Waals surface area contributed by atoms with Gasteiger partial charge in [0, 0.05) is 22.6 Å². The lowest BCUT2D eigenvalue weighted by molar-refractivity contribution is -0.143. The van der Waals surface area contributed by atoms with Crippen molar-refractivity contribution in [2.75, 3.05) is 6.61 Å². The minimum atomic E-state index is -0.639. The summed E-state index contributed by atoms with van der Waals surface area (Å²) in [6.07, 6.45) is 5.83. The fraction of sp³-hybridized carbons (Fsp3) is 0.440. The number of carbonyl (C=O) groups excluding carboxylic acids is 2. The average molecular weight is 512 g/mol. The van der Waals surface area contributed by atoms with Crippen LogP contribution < -0.4 is 10.1 Å². The number of hydrogen-bond donors (Lipinski definition) is 1. The highest BCUT2D eigenvalue weighted by molar-refractivity contribution is 6.35. The van der Waals surface area contributed by atoms with Crippen molar-refractivity contribution in [2.24, 2.45) is 0 Å². The second kappa shape index (κ2) is 12.5. The molecule has 1 fully saturated rings. The van der Waals surface area contributed by atoms with Crippen LogP contribution in [0.4, 0.5) is 0 Å². The molecule has 1 aliphatic rings. The molecule has 0 saturated heterocycles. The van der Waals surface area contributed by atoms with E-state index in [1.165, 1.54) is 6.42 Å². The Morgan fingerprint density at radius 3 is 2.45 bits per heavy atom. The van der Waals surface area contributed by atoms with Crippen LogP contribution in [0.25, 0.3) is 0 Å². The molecule has 0 bridgehead atoms. The second-order valence-corrected chi connectivity index (χ2v) is 9.49. The Morgan fingerprint density at radius 1 is 1.06 bits per heavy atom. The molecule has 1 unspecified atom stereocenters. The minimum Gasteiger partial charge on any atom is -0.482 e. The summed E-state index contributed by atoms with van der Waals surface area (Å²) in [5.41, 5.74) is 0.765. The van der Waals surface area contributed by atoms with E-state index in [-0.39, 0.29) is 31.0 Å². The zero-order valence-corrected chi connectivity index (χ0v) is 20.9. The molecule has 2 aromatic carbocycles. The molecule has 0 aromatic heterocycles. The maximum atomic E-state index is 13.3. The van der Waals surface area contributed by atoms with Crippen LogP contribution >= 0.6 is 34.8 Å². The highest BCUT2D eigenvalue weighted by Gasteiger charge is 2.31. The van der Waals surface area contributed by atoms with Gasteiger partial charge in [0.25, 0.3) is 5.91 Å². The van der Waals surface area contributed by atoms with E-state index in [1.807, 2.05) is 25.1 Å². The van der Waals surface area contributed by atoms with Gasteiger partial charge >= 0.3 is 0 Å². The van der Waals surface area contributed by atoms with Crippen LogP contribution in [0.3, 0.4) is 0 Å². The van der Waals surface area contributed by atoms with Crippen LogP contribution in [0, 0.1) is 0 Å². The van der Waals surface area contributed by atoms with Crippen LogP contribution in [-0.4, -0.2) is 35.4 Å². The predicted molar refractivity (Wildman–Crippen MR) is 133 cm³/mol. The fourth-order valence-electron chi connectivity index (χ4n) is 4.09. The Labute approximate surface area is 210 Å². The van der Waals surface area contributed by atoms with E-state index in [9.17, 15) is 9.59 Å². The number of nitrogens with one attached hydrogen (secondary N) is 1. The summed E-state index contributed by atoms with van der Waals surface area (Å²) in [7, 11) is 0. The van der Waals surface area contributed by atoms with Gasteiger partial charge in [0.05, 0.1) is 5.02 Å². The van der Waals surface area contributed by atoms with Crippen molar-refractivity contribution in [1.29, 1.82) is 0 Å². The maximum absolute atomic E-state index is 13.3. The van der Waals surface area contributed by atoms with Crippen LogP contribution in [0.5, 0.6) is 5.75 Å². The standard InChI is InChI=1S/C25H29Cl3N2O3/c1-2-22(25(32)29-19-9-4-3-5-10-19)30(15-17-8-6-7-11-20(17)27)24(31)16-33-23-13-12-18(26)14-21(23)28/h6-8,11-14,19,22H,2-5,9-10,15-16H2,1H3,(H,29,32). The summed E-state index contributed by atoms with van der Waals surface area (Å²) >= 11 is 18.5. The number of hydrogen-bond acceptors (Lipinski definition) is 3. The van der Waals surface area contributed by atoms with Gasteiger partial charge in [-0.25, -0.2) is 0 Å². The molecule has 2 aromatic rings. The van der Waals surface area contributed by atoms with E-state index in [0.29, 0.717) is 27.2 Å². The molecule has 5 nitrogen and oxygen atoms in total. The molecule has 0 aliphatic heterocycles. The Morgan fingerprint density at radius 2 is 1.79 bits per heavy atom. The first-order valence-corrected chi connectivity index (χ1v) is 12.4. The van der Waals surface area contributed by atoms with Gasteiger partial charge in [0.15, 0.2) is 6.61 Å².